The second-order valence-corrected chi connectivity index (χ2v) is 8.72. The highest BCUT2D eigenvalue weighted by Crippen LogP contribution is 2.30. The van der Waals surface area contributed by atoms with E-state index in [1.165, 1.54) is 39.5 Å². The van der Waals surface area contributed by atoms with Gasteiger partial charge in [0.15, 0.2) is 11.5 Å². The van der Waals surface area contributed by atoms with E-state index >= 15 is 0 Å². The average molecular weight is 437 g/mol. The van der Waals surface area contributed by atoms with Crippen LogP contribution < -0.4 is 19.5 Å². The minimum atomic E-state index is -3.87. The number of nitrogens with one attached hydrogen (secondary N) is 1. The van der Waals surface area contributed by atoms with Crippen LogP contribution >= 0.6 is 0 Å². The maximum atomic E-state index is 12.7. The van der Waals surface area contributed by atoms with Gasteiger partial charge in [-0.3, -0.25) is 4.79 Å². The summed E-state index contributed by atoms with van der Waals surface area (Å²) in [5, 5.41) is 2.67. The number of rotatable bonds is 10. The number of methoxy groups -OCH3 is 2. The molecule has 0 aromatic heterocycles. The Bertz CT molecular complexity index is 991. The van der Waals surface area contributed by atoms with E-state index in [2.05, 4.69) is 5.32 Å². The molecule has 0 heterocycles. The molecule has 0 aliphatic rings. The molecule has 0 saturated carbocycles. The van der Waals surface area contributed by atoms with Crippen LogP contribution in [0.1, 0.15) is 11.1 Å². The summed E-state index contributed by atoms with van der Waals surface area (Å²) in [7, 11) is 0.363. The van der Waals surface area contributed by atoms with E-state index in [1.54, 1.807) is 0 Å². The third-order valence-electron chi connectivity index (χ3n) is 4.67. The molecule has 0 fully saturated rings. The van der Waals surface area contributed by atoms with E-state index in [-0.39, 0.29) is 24.6 Å². The number of benzene rings is 2. The molecule has 9 heteroatoms. The van der Waals surface area contributed by atoms with E-state index < -0.39 is 15.9 Å². The Morgan fingerprint density at radius 3 is 2.40 bits per heavy atom. The Kier molecular flexibility index (Phi) is 8.08. The number of aryl methyl sites for hydroxylation is 1. The molecule has 0 radical (unpaired) electrons. The fourth-order valence-corrected chi connectivity index (χ4v) is 3.88. The summed E-state index contributed by atoms with van der Waals surface area (Å²) in [6, 6.07) is 10.0. The number of ether oxygens (including phenoxy) is 3. The SMILES string of the molecule is COc1ccc(S(=O)(=O)N(C)CC(=O)NCCOc2cccc(C)c2C)cc1OC. The van der Waals surface area contributed by atoms with Crippen LogP contribution in [0.5, 0.6) is 17.2 Å². The first-order valence-electron chi connectivity index (χ1n) is 9.34. The number of carbonyl (C=O) groups excluding carboxylic acids is 1. The average Bonchev–Trinajstić information content (AvgIpc) is 2.73. The molecule has 0 saturated heterocycles. The Morgan fingerprint density at radius 2 is 1.73 bits per heavy atom. The number of sulfonamides is 1. The molecule has 2 aromatic rings. The van der Waals surface area contributed by atoms with Crippen molar-refractivity contribution in [1.82, 2.24) is 9.62 Å². The van der Waals surface area contributed by atoms with Gasteiger partial charge in [0, 0.05) is 13.1 Å². The third kappa shape index (κ3) is 5.64. The fraction of sp³-hybridized carbons (Fsp3) is 0.381. The van der Waals surface area contributed by atoms with Crippen molar-refractivity contribution in [3.63, 3.8) is 0 Å². The van der Waals surface area contributed by atoms with Crippen molar-refractivity contribution >= 4 is 15.9 Å². The minimum absolute atomic E-state index is 0.00806. The maximum Gasteiger partial charge on any atom is 0.243 e. The monoisotopic (exact) mass is 436 g/mol. The summed E-state index contributed by atoms with van der Waals surface area (Å²) in [6.45, 7) is 4.19. The van der Waals surface area contributed by atoms with Gasteiger partial charge in [0.2, 0.25) is 15.9 Å². The third-order valence-corrected chi connectivity index (χ3v) is 6.47. The smallest absolute Gasteiger partial charge is 0.243 e. The molecule has 0 spiro atoms. The van der Waals surface area contributed by atoms with Gasteiger partial charge in [-0.25, -0.2) is 8.42 Å². The molecule has 0 aliphatic carbocycles. The summed E-state index contributed by atoms with van der Waals surface area (Å²) in [5.41, 5.74) is 2.17. The number of likely N-dealkylation sites (N-methyl/N-ethyl adjacent to an activating group) is 1. The van der Waals surface area contributed by atoms with Gasteiger partial charge in [-0.1, -0.05) is 12.1 Å². The van der Waals surface area contributed by atoms with E-state index in [1.807, 2.05) is 32.0 Å². The van der Waals surface area contributed by atoms with Crippen LogP contribution in [0, 0.1) is 13.8 Å². The van der Waals surface area contributed by atoms with E-state index in [0.29, 0.717) is 11.5 Å². The van der Waals surface area contributed by atoms with Gasteiger partial charge in [-0.2, -0.15) is 4.31 Å². The number of carbonyl (C=O) groups is 1. The minimum Gasteiger partial charge on any atom is -0.493 e. The largest absolute Gasteiger partial charge is 0.493 e. The lowest BCUT2D eigenvalue weighted by molar-refractivity contribution is -0.121. The molecular formula is C21H28N2O6S. The number of nitrogens with zero attached hydrogens (tertiary/aromatic N) is 1. The second-order valence-electron chi connectivity index (χ2n) is 6.67. The molecule has 1 amide bonds. The fourth-order valence-electron chi connectivity index (χ4n) is 2.73. The van der Waals surface area contributed by atoms with Gasteiger partial charge < -0.3 is 19.5 Å². The van der Waals surface area contributed by atoms with Gasteiger partial charge in [0.05, 0.1) is 32.2 Å². The normalized spacial score (nSPS) is 11.3. The van der Waals surface area contributed by atoms with Crippen molar-refractivity contribution in [2.45, 2.75) is 18.7 Å². The zero-order valence-corrected chi connectivity index (χ0v) is 18.7. The number of amides is 1. The molecule has 0 bridgehead atoms. The van der Waals surface area contributed by atoms with Crippen molar-refractivity contribution in [2.75, 3.05) is 41.0 Å². The highest BCUT2D eigenvalue weighted by Gasteiger charge is 2.24. The molecule has 0 unspecified atom stereocenters. The van der Waals surface area contributed by atoms with Crippen LogP contribution in [0.15, 0.2) is 41.3 Å². The van der Waals surface area contributed by atoms with Crippen LogP contribution in [0.2, 0.25) is 0 Å². The van der Waals surface area contributed by atoms with Crippen LogP contribution in [-0.4, -0.2) is 59.6 Å². The zero-order valence-electron chi connectivity index (χ0n) is 17.9. The summed E-state index contributed by atoms with van der Waals surface area (Å²) < 4.78 is 42.4. The van der Waals surface area contributed by atoms with Crippen molar-refractivity contribution in [3.05, 3.63) is 47.5 Å². The number of hydrogen-bond donors (Lipinski definition) is 1. The Labute approximate surface area is 177 Å². The first-order chi connectivity index (χ1) is 14.2. The van der Waals surface area contributed by atoms with Crippen LogP contribution in [-0.2, 0) is 14.8 Å². The van der Waals surface area contributed by atoms with Gasteiger partial charge in [-0.15, -0.1) is 0 Å². The molecule has 30 heavy (non-hydrogen) atoms. The summed E-state index contributed by atoms with van der Waals surface area (Å²) in [4.78, 5) is 12.2. The zero-order chi connectivity index (χ0) is 22.3. The van der Waals surface area contributed by atoms with Crippen LogP contribution in [0.25, 0.3) is 0 Å². The lowest BCUT2D eigenvalue weighted by Crippen LogP contribution is -2.39. The summed E-state index contributed by atoms with van der Waals surface area (Å²) in [5.74, 6) is 1.05. The quantitative estimate of drug-likeness (QED) is 0.574. The van der Waals surface area contributed by atoms with Crippen LogP contribution in [0.4, 0.5) is 0 Å². The topological polar surface area (TPSA) is 94.2 Å². The van der Waals surface area contributed by atoms with Crippen molar-refractivity contribution in [1.29, 1.82) is 0 Å². The van der Waals surface area contributed by atoms with Crippen LogP contribution in [0.3, 0.4) is 0 Å². The van der Waals surface area contributed by atoms with Gasteiger partial charge in [0.25, 0.3) is 0 Å². The highest BCUT2D eigenvalue weighted by atomic mass is 32.2. The Morgan fingerprint density at radius 1 is 1.03 bits per heavy atom. The molecule has 164 valence electrons. The van der Waals surface area contributed by atoms with E-state index in [9.17, 15) is 13.2 Å². The highest BCUT2D eigenvalue weighted by molar-refractivity contribution is 7.89. The predicted octanol–water partition coefficient (Wildman–Crippen LogP) is 2.14. The Balaban J connectivity index is 1.90. The van der Waals surface area contributed by atoms with Crippen molar-refractivity contribution < 1.29 is 27.4 Å². The maximum absolute atomic E-state index is 12.7. The Hall–Kier alpha value is -2.78. The predicted molar refractivity (Wildman–Crippen MR) is 114 cm³/mol. The van der Waals surface area contributed by atoms with Gasteiger partial charge >= 0.3 is 0 Å². The van der Waals surface area contributed by atoms with E-state index in [4.69, 9.17) is 14.2 Å². The first-order valence-corrected chi connectivity index (χ1v) is 10.8. The molecular weight excluding hydrogens is 408 g/mol. The summed E-state index contributed by atoms with van der Waals surface area (Å²) >= 11 is 0. The van der Waals surface area contributed by atoms with Gasteiger partial charge in [-0.05, 0) is 43.2 Å². The lowest BCUT2D eigenvalue weighted by atomic mass is 10.1. The molecule has 2 aromatic carbocycles. The lowest BCUT2D eigenvalue weighted by Gasteiger charge is -2.18. The van der Waals surface area contributed by atoms with E-state index in [0.717, 1.165) is 21.2 Å². The molecule has 0 aliphatic heterocycles. The standard InChI is InChI=1S/C21H28N2O6S/c1-15-7-6-8-18(16(15)2)29-12-11-22-21(24)14-23(3)30(25,26)17-9-10-19(27-4)20(13-17)28-5/h6-10,13H,11-12,14H2,1-5H3,(H,22,24). The first kappa shape index (κ1) is 23.5. The molecule has 8 nitrogen and oxygen atoms in total. The summed E-state index contributed by atoms with van der Waals surface area (Å²) in [6.07, 6.45) is 0. The molecule has 2 rings (SSSR count). The van der Waals surface area contributed by atoms with Crippen molar-refractivity contribution in [2.24, 2.45) is 0 Å². The van der Waals surface area contributed by atoms with Gasteiger partial charge in [0.1, 0.15) is 12.4 Å². The van der Waals surface area contributed by atoms with Crippen molar-refractivity contribution in [3.8, 4) is 17.2 Å². The molecule has 1 N–H and O–H groups in total. The molecule has 0 atom stereocenters. The second kappa shape index (κ2) is 10.3. The number of hydrogen-bond acceptors (Lipinski definition) is 6.